The standard InChI is InChI=1S/C18H16F6/c1-11-4-3-5-15(16(11)18(22,23)24)12(2)10-13-6-8-14(9-7-13)17(19,20)21/h3-9,12H,10H2,1-2H3. The van der Waals surface area contributed by atoms with Gasteiger partial charge in [-0.3, -0.25) is 0 Å². The van der Waals surface area contributed by atoms with E-state index < -0.39 is 29.4 Å². The zero-order valence-electron chi connectivity index (χ0n) is 13.1. The summed E-state index contributed by atoms with van der Waals surface area (Å²) in [7, 11) is 0. The quantitative estimate of drug-likeness (QED) is 0.566. The number of alkyl halides is 6. The SMILES string of the molecule is Cc1cccc(C(C)Cc2ccc(C(F)(F)F)cc2)c1C(F)(F)F. The topological polar surface area (TPSA) is 0 Å². The number of hydrogen-bond donors (Lipinski definition) is 0. The van der Waals surface area contributed by atoms with Crippen LogP contribution in [0.5, 0.6) is 0 Å². The van der Waals surface area contributed by atoms with Crippen LogP contribution in [-0.4, -0.2) is 0 Å². The molecule has 0 aliphatic heterocycles. The zero-order chi connectivity index (χ0) is 18.1. The average molecular weight is 346 g/mol. The molecule has 0 bridgehead atoms. The summed E-state index contributed by atoms with van der Waals surface area (Å²) in [5.74, 6) is -0.474. The molecule has 130 valence electrons. The summed E-state index contributed by atoms with van der Waals surface area (Å²) in [5.41, 5.74) is -0.582. The summed E-state index contributed by atoms with van der Waals surface area (Å²) in [6.07, 6.45) is -8.66. The van der Waals surface area contributed by atoms with Gasteiger partial charge in [0.1, 0.15) is 0 Å². The van der Waals surface area contributed by atoms with Gasteiger partial charge in [-0.1, -0.05) is 37.3 Å². The maximum atomic E-state index is 13.3. The summed E-state index contributed by atoms with van der Waals surface area (Å²) < 4.78 is 77.5. The number of hydrogen-bond acceptors (Lipinski definition) is 0. The summed E-state index contributed by atoms with van der Waals surface area (Å²) in [4.78, 5) is 0. The molecule has 0 spiro atoms. The molecule has 0 aliphatic rings. The number of aryl methyl sites for hydroxylation is 1. The summed E-state index contributed by atoms with van der Waals surface area (Å²) in [6, 6.07) is 8.89. The minimum Gasteiger partial charge on any atom is -0.166 e. The predicted molar refractivity (Wildman–Crippen MR) is 79.7 cm³/mol. The lowest BCUT2D eigenvalue weighted by Gasteiger charge is -2.20. The van der Waals surface area contributed by atoms with Gasteiger partial charge in [0.2, 0.25) is 0 Å². The lowest BCUT2D eigenvalue weighted by molar-refractivity contribution is -0.139. The second kappa shape index (κ2) is 6.49. The highest BCUT2D eigenvalue weighted by molar-refractivity contribution is 5.39. The Morgan fingerprint density at radius 2 is 1.42 bits per heavy atom. The molecule has 0 saturated carbocycles. The van der Waals surface area contributed by atoms with E-state index in [1.807, 2.05) is 0 Å². The smallest absolute Gasteiger partial charge is 0.166 e. The molecule has 0 radical (unpaired) electrons. The first-order valence-electron chi connectivity index (χ1n) is 7.33. The molecule has 24 heavy (non-hydrogen) atoms. The van der Waals surface area contributed by atoms with E-state index in [2.05, 4.69) is 0 Å². The number of halogens is 6. The minimum atomic E-state index is -4.46. The fourth-order valence-corrected chi connectivity index (χ4v) is 2.78. The number of benzene rings is 2. The van der Waals surface area contributed by atoms with Crippen LogP contribution in [0.3, 0.4) is 0 Å². The van der Waals surface area contributed by atoms with Gasteiger partial charge in [-0.25, -0.2) is 0 Å². The first-order chi connectivity index (χ1) is 11.0. The molecule has 0 nitrogen and oxygen atoms in total. The molecule has 2 aromatic rings. The van der Waals surface area contributed by atoms with Crippen LogP contribution in [0.1, 0.15) is 40.7 Å². The largest absolute Gasteiger partial charge is 0.416 e. The van der Waals surface area contributed by atoms with E-state index in [0.717, 1.165) is 12.1 Å². The van der Waals surface area contributed by atoms with Crippen molar-refractivity contribution in [3.8, 4) is 0 Å². The first-order valence-corrected chi connectivity index (χ1v) is 7.33. The van der Waals surface area contributed by atoms with Crippen LogP contribution in [0.25, 0.3) is 0 Å². The molecule has 0 fully saturated rings. The first kappa shape index (κ1) is 18.4. The van der Waals surface area contributed by atoms with Crippen molar-refractivity contribution in [2.45, 2.75) is 38.5 Å². The lowest BCUT2D eigenvalue weighted by Crippen LogP contribution is -2.14. The normalized spacial score (nSPS) is 13.8. The Morgan fingerprint density at radius 3 is 1.92 bits per heavy atom. The third kappa shape index (κ3) is 4.10. The van der Waals surface area contributed by atoms with E-state index in [0.29, 0.717) is 5.56 Å². The molecule has 6 heteroatoms. The molecule has 2 aromatic carbocycles. The molecule has 0 heterocycles. The average Bonchev–Trinajstić information content (AvgIpc) is 2.45. The van der Waals surface area contributed by atoms with Crippen molar-refractivity contribution in [2.24, 2.45) is 0 Å². The van der Waals surface area contributed by atoms with Crippen LogP contribution < -0.4 is 0 Å². The zero-order valence-corrected chi connectivity index (χ0v) is 13.1. The molecule has 0 amide bonds. The third-order valence-corrected chi connectivity index (χ3v) is 3.94. The van der Waals surface area contributed by atoms with E-state index in [-0.39, 0.29) is 17.5 Å². The molecule has 2 rings (SSSR count). The molecule has 1 atom stereocenters. The van der Waals surface area contributed by atoms with E-state index >= 15 is 0 Å². The van der Waals surface area contributed by atoms with E-state index in [1.54, 1.807) is 13.0 Å². The highest BCUT2D eigenvalue weighted by Gasteiger charge is 2.36. The van der Waals surface area contributed by atoms with Gasteiger partial charge in [0.15, 0.2) is 0 Å². The van der Waals surface area contributed by atoms with Crippen molar-refractivity contribution in [3.63, 3.8) is 0 Å². The number of rotatable bonds is 3. The third-order valence-electron chi connectivity index (χ3n) is 3.94. The Hall–Kier alpha value is -1.98. The fraction of sp³-hybridized carbons (Fsp3) is 0.333. The van der Waals surface area contributed by atoms with Gasteiger partial charge < -0.3 is 0 Å². The van der Waals surface area contributed by atoms with Gasteiger partial charge in [-0.2, -0.15) is 26.3 Å². The Morgan fingerprint density at radius 1 is 0.833 bits per heavy atom. The van der Waals surface area contributed by atoms with Crippen molar-refractivity contribution < 1.29 is 26.3 Å². The summed E-state index contributed by atoms with van der Waals surface area (Å²) in [6.45, 7) is 3.04. The minimum absolute atomic E-state index is 0.138. The van der Waals surface area contributed by atoms with E-state index in [4.69, 9.17) is 0 Å². The maximum absolute atomic E-state index is 13.3. The molecule has 0 aromatic heterocycles. The van der Waals surface area contributed by atoms with E-state index in [9.17, 15) is 26.3 Å². The van der Waals surface area contributed by atoms with Crippen LogP contribution in [0.4, 0.5) is 26.3 Å². The van der Waals surface area contributed by atoms with Crippen LogP contribution in [0.15, 0.2) is 42.5 Å². The summed E-state index contributed by atoms with van der Waals surface area (Å²) >= 11 is 0. The van der Waals surface area contributed by atoms with Gasteiger partial charge >= 0.3 is 12.4 Å². The van der Waals surface area contributed by atoms with Gasteiger partial charge in [0, 0.05) is 0 Å². The second-order valence-corrected chi connectivity index (χ2v) is 5.84. The van der Waals surface area contributed by atoms with Crippen LogP contribution in [0, 0.1) is 6.92 Å². The lowest BCUT2D eigenvalue weighted by atomic mass is 9.88. The van der Waals surface area contributed by atoms with Gasteiger partial charge in [-0.15, -0.1) is 0 Å². The molecule has 0 aliphatic carbocycles. The second-order valence-electron chi connectivity index (χ2n) is 5.84. The highest BCUT2D eigenvalue weighted by atomic mass is 19.4. The van der Waals surface area contributed by atoms with Gasteiger partial charge in [0.25, 0.3) is 0 Å². The molecule has 0 N–H and O–H groups in total. The summed E-state index contributed by atoms with van der Waals surface area (Å²) in [5, 5.41) is 0. The van der Waals surface area contributed by atoms with Crippen molar-refractivity contribution >= 4 is 0 Å². The van der Waals surface area contributed by atoms with Crippen LogP contribution >= 0.6 is 0 Å². The predicted octanol–water partition coefficient (Wildman–Crippen LogP) is 6.38. The Kier molecular flexibility index (Phi) is 4.97. The van der Waals surface area contributed by atoms with Crippen LogP contribution in [0.2, 0.25) is 0 Å². The van der Waals surface area contributed by atoms with Crippen molar-refractivity contribution in [1.29, 1.82) is 0 Å². The fourth-order valence-electron chi connectivity index (χ4n) is 2.78. The maximum Gasteiger partial charge on any atom is 0.416 e. The Balaban J connectivity index is 2.28. The van der Waals surface area contributed by atoms with Crippen LogP contribution in [-0.2, 0) is 18.8 Å². The van der Waals surface area contributed by atoms with Crippen molar-refractivity contribution in [2.75, 3.05) is 0 Å². The van der Waals surface area contributed by atoms with Gasteiger partial charge in [0.05, 0.1) is 11.1 Å². The molecular formula is C18H16F6. The molecular weight excluding hydrogens is 330 g/mol. The van der Waals surface area contributed by atoms with Gasteiger partial charge in [-0.05, 0) is 48.1 Å². The Labute approximate surface area is 136 Å². The monoisotopic (exact) mass is 346 g/mol. The van der Waals surface area contributed by atoms with Crippen molar-refractivity contribution in [3.05, 3.63) is 70.3 Å². The highest BCUT2D eigenvalue weighted by Crippen LogP contribution is 2.38. The molecule has 1 unspecified atom stereocenters. The Bertz CT molecular complexity index is 695. The van der Waals surface area contributed by atoms with E-state index in [1.165, 1.54) is 31.2 Å². The van der Waals surface area contributed by atoms with Crippen molar-refractivity contribution in [1.82, 2.24) is 0 Å². The molecule has 0 saturated heterocycles.